The second-order valence-corrected chi connectivity index (χ2v) is 4.60. The summed E-state index contributed by atoms with van der Waals surface area (Å²) in [4.78, 5) is 2.34. The maximum absolute atomic E-state index is 10.2. The molecule has 1 N–H and O–H groups in total. The van der Waals surface area contributed by atoms with Crippen molar-refractivity contribution in [2.24, 2.45) is 7.05 Å². The molecule has 0 aliphatic carbocycles. The molecule has 17 heavy (non-hydrogen) atoms. The lowest BCUT2D eigenvalue weighted by Gasteiger charge is -2.34. The molecule has 2 atom stereocenters. The molecule has 2 unspecified atom stereocenters. The molecule has 0 radical (unpaired) electrons. The lowest BCUT2D eigenvalue weighted by atomic mass is 10.1. The molecule has 0 spiro atoms. The monoisotopic (exact) mass is 239 g/mol. The Kier molecular flexibility index (Phi) is 4.15. The second-order valence-electron chi connectivity index (χ2n) is 4.60. The molecule has 2 heterocycles. The van der Waals surface area contributed by atoms with Crippen molar-refractivity contribution in [3.63, 3.8) is 0 Å². The summed E-state index contributed by atoms with van der Waals surface area (Å²) in [7, 11) is 1.85. The molecule has 96 valence electrons. The Morgan fingerprint density at radius 1 is 1.65 bits per heavy atom. The van der Waals surface area contributed by atoms with Crippen molar-refractivity contribution in [3.05, 3.63) is 18.0 Å². The Morgan fingerprint density at radius 3 is 3.12 bits per heavy atom. The minimum atomic E-state index is -0.580. The third-order valence-corrected chi connectivity index (χ3v) is 3.14. The van der Waals surface area contributed by atoms with Crippen LogP contribution in [-0.4, -0.2) is 52.1 Å². The van der Waals surface area contributed by atoms with Crippen molar-refractivity contribution in [2.45, 2.75) is 25.6 Å². The number of aromatic nitrogens is 2. The fourth-order valence-electron chi connectivity index (χ4n) is 2.25. The third-order valence-electron chi connectivity index (χ3n) is 3.14. The average molecular weight is 239 g/mol. The molecular weight excluding hydrogens is 218 g/mol. The molecule has 0 saturated carbocycles. The molecule has 2 rings (SSSR count). The van der Waals surface area contributed by atoms with Crippen LogP contribution in [0.25, 0.3) is 0 Å². The van der Waals surface area contributed by atoms with E-state index < -0.39 is 6.10 Å². The highest BCUT2D eigenvalue weighted by molar-refractivity contribution is 5.10. The van der Waals surface area contributed by atoms with Crippen LogP contribution in [-0.2, 0) is 11.8 Å². The van der Waals surface area contributed by atoms with Crippen LogP contribution in [0.5, 0.6) is 0 Å². The summed E-state index contributed by atoms with van der Waals surface area (Å²) in [6.45, 7) is 5.69. The van der Waals surface area contributed by atoms with Crippen LogP contribution < -0.4 is 0 Å². The van der Waals surface area contributed by atoms with Crippen LogP contribution in [0.1, 0.15) is 25.0 Å². The van der Waals surface area contributed by atoms with E-state index in [1.807, 2.05) is 13.2 Å². The first kappa shape index (κ1) is 12.5. The minimum Gasteiger partial charge on any atom is -0.386 e. The topological polar surface area (TPSA) is 50.5 Å². The summed E-state index contributed by atoms with van der Waals surface area (Å²) in [5.41, 5.74) is 0.829. The van der Waals surface area contributed by atoms with Crippen LogP contribution in [0, 0.1) is 0 Å². The highest BCUT2D eigenvalue weighted by atomic mass is 16.5. The predicted molar refractivity (Wildman–Crippen MR) is 64.6 cm³/mol. The lowest BCUT2D eigenvalue weighted by molar-refractivity contribution is -0.0898. The fraction of sp³-hybridized carbons (Fsp3) is 0.750. The Bertz CT molecular complexity index is 351. The van der Waals surface area contributed by atoms with Crippen molar-refractivity contribution in [1.82, 2.24) is 14.7 Å². The molecule has 5 heteroatoms. The first-order valence-electron chi connectivity index (χ1n) is 6.21. The third kappa shape index (κ3) is 3.06. The van der Waals surface area contributed by atoms with Gasteiger partial charge in [-0.1, -0.05) is 6.92 Å². The summed E-state index contributed by atoms with van der Waals surface area (Å²) in [5.74, 6) is 0. The van der Waals surface area contributed by atoms with Crippen LogP contribution >= 0.6 is 0 Å². The van der Waals surface area contributed by atoms with Crippen molar-refractivity contribution in [3.8, 4) is 0 Å². The number of hydrogen-bond donors (Lipinski definition) is 1. The first-order chi connectivity index (χ1) is 8.20. The van der Waals surface area contributed by atoms with Gasteiger partial charge >= 0.3 is 0 Å². The van der Waals surface area contributed by atoms with Crippen LogP contribution in [0.3, 0.4) is 0 Å². The van der Waals surface area contributed by atoms with E-state index in [-0.39, 0.29) is 6.10 Å². The zero-order valence-corrected chi connectivity index (χ0v) is 10.5. The molecule has 0 amide bonds. The highest BCUT2D eigenvalue weighted by Crippen LogP contribution is 2.21. The van der Waals surface area contributed by atoms with E-state index in [0.717, 1.165) is 31.6 Å². The molecule has 1 fully saturated rings. The molecule has 5 nitrogen and oxygen atoms in total. The summed E-state index contributed by atoms with van der Waals surface area (Å²) < 4.78 is 7.35. The number of hydrogen-bond acceptors (Lipinski definition) is 4. The molecule has 1 saturated heterocycles. The largest absolute Gasteiger partial charge is 0.386 e. The van der Waals surface area contributed by atoms with Gasteiger partial charge in [-0.3, -0.25) is 9.58 Å². The summed E-state index contributed by atoms with van der Waals surface area (Å²) in [5, 5.41) is 14.3. The summed E-state index contributed by atoms with van der Waals surface area (Å²) in [6.07, 6.45) is 3.96. The maximum Gasteiger partial charge on any atom is 0.109 e. The van der Waals surface area contributed by atoms with Gasteiger partial charge in [0.2, 0.25) is 0 Å². The predicted octanol–water partition coefficient (Wildman–Crippen LogP) is 0.564. The SMILES string of the molecule is CCCN1CCOC(C(O)c2cnn(C)c2)C1. The van der Waals surface area contributed by atoms with E-state index in [2.05, 4.69) is 16.9 Å². The number of rotatable bonds is 4. The quantitative estimate of drug-likeness (QED) is 0.834. The van der Waals surface area contributed by atoms with Crippen molar-refractivity contribution < 1.29 is 9.84 Å². The lowest BCUT2D eigenvalue weighted by Crippen LogP contribution is -2.45. The molecule has 0 bridgehead atoms. The van der Waals surface area contributed by atoms with Gasteiger partial charge in [0.1, 0.15) is 12.2 Å². The van der Waals surface area contributed by atoms with E-state index >= 15 is 0 Å². The van der Waals surface area contributed by atoms with Gasteiger partial charge in [-0.25, -0.2) is 0 Å². The molecule has 0 aromatic carbocycles. The van der Waals surface area contributed by atoms with Crippen LogP contribution in [0.2, 0.25) is 0 Å². The maximum atomic E-state index is 10.2. The number of ether oxygens (including phenoxy) is 1. The first-order valence-corrected chi connectivity index (χ1v) is 6.21. The smallest absolute Gasteiger partial charge is 0.109 e. The van der Waals surface area contributed by atoms with Crippen LogP contribution in [0.4, 0.5) is 0 Å². The normalized spacial score (nSPS) is 23.8. The fourth-order valence-corrected chi connectivity index (χ4v) is 2.25. The molecule has 1 aliphatic rings. The van der Waals surface area contributed by atoms with Gasteiger partial charge in [0.25, 0.3) is 0 Å². The Balaban J connectivity index is 1.97. The average Bonchev–Trinajstić information content (AvgIpc) is 2.76. The van der Waals surface area contributed by atoms with Gasteiger partial charge in [0.05, 0.1) is 12.8 Å². The zero-order chi connectivity index (χ0) is 12.3. The standard InChI is InChI=1S/C12H21N3O2/c1-3-4-15-5-6-17-11(9-15)12(16)10-7-13-14(2)8-10/h7-8,11-12,16H,3-6,9H2,1-2H3. The Morgan fingerprint density at radius 2 is 2.47 bits per heavy atom. The Labute approximate surface area is 102 Å². The highest BCUT2D eigenvalue weighted by Gasteiger charge is 2.28. The summed E-state index contributed by atoms with van der Waals surface area (Å²) >= 11 is 0. The van der Waals surface area contributed by atoms with Gasteiger partial charge in [0, 0.05) is 31.9 Å². The summed E-state index contributed by atoms with van der Waals surface area (Å²) in [6, 6.07) is 0. The molecular formula is C12H21N3O2. The van der Waals surface area contributed by atoms with Crippen molar-refractivity contribution in [1.29, 1.82) is 0 Å². The van der Waals surface area contributed by atoms with Gasteiger partial charge in [0.15, 0.2) is 0 Å². The minimum absolute atomic E-state index is 0.139. The number of aliphatic hydroxyl groups excluding tert-OH is 1. The van der Waals surface area contributed by atoms with Crippen molar-refractivity contribution >= 4 is 0 Å². The molecule has 1 aromatic rings. The number of nitrogens with zero attached hydrogens (tertiary/aromatic N) is 3. The van der Waals surface area contributed by atoms with E-state index in [0.29, 0.717) is 6.61 Å². The molecule has 1 aromatic heterocycles. The zero-order valence-electron chi connectivity index (χ0n) is 10.5. The van der Waals surface area contributed by atoms with Crippen molar-refractivity contribution in [2.75, 3.05) is 26.2 Å². The number of morpholine rings is 1. The van der Waals surface area contributed by atoms with Gasteiger partial charge < -0.3 is 9.84 Å². The van der Waals surface area contributed by atoms with Crippen LogP contribution in [0.15, 0.2) is 12.4 Å². The number of aryl methyl sites for hydroxylation is 1. The van der Waals surface area contributed by atoms with Gasteiger partial charge in [-0.15, -0.1) is 0 Å². The number of aliphatic hydroxyl groups is 1. The van der Waals surface area contributed by atoms with E-state index in [1.54, 1.807) is 10.9 Å². The van der Waals surface area contributed by atoms with E-state index in [9.17, 15) is 5.11 Å². The van der Waals surface area contributed by atoms with Gasteiger partial charge in [-0.2, -0.15) is 5.10 Å². The Hall–Kier alpha value is -0.910. The van der Waals surface area contributed by atoms with E-state index in [1.165, 1.54) is 0 Å². The van der Waals surface area contributed by atoms with E-state index in [4.69, 9.17) is 4.74 Å². The second kappa shape index (κ2) is 5.62. The molecule has 1 aliphatic heterocycles. The van der Waals surface area contributed by atoms with Gasteiger partial charge in [-0.05, 0) is 13.0 Å².